The number of anilines is 1. The lowest BCUT2D eigenvalue weighted by Gasteiger charge is -2.17. The molecule has 2 rings (SSSR count). The second-order valence-electron chi connectivity index (χ2n) is 4.55. The van der Waals surface area contributed by atoms with Crippen molar-refractivity contribution in [3.8, 4) is 5.75 Å². The first kappa shape index (κ1) is 15.1. The zero-order valence-electron chi connectivity index (χ0n) is 10.9. The van der Waals surface area contributed by atoms with Gasteiger partial charge in [-0.05, 0) is 18.1 Å². The highest BCUT2D eigenvalue weighted by Gasteiger charge is 2.27. The standard InChI is InChI=1S/C13H13F3N2O3/c14-13(15,16)7-17-12(20)6-21-9-3-1-8-2-4-11(19)18-10(8)5-9/h1,3,5H,2,4,6-7H2,(H,17,20)(H,18,19). The third kappa shape index (κ3) is 4.66. The summed E-state index contributed by atoms with van der Waals surface area (Å²) < 4.78 is 40.8. The number of benzene rings is 1. The van der Waals surface area contributed by atoms with Crippen molar-refractivity contribution < 1.29 is 27.5 Å². The van der Waals surface area contributed by atoms with Gasteiger partial charge in [0.05, 0.1) is 0 Å². The molecular weight excluding hydrogens is 289 g/mol. The van der Waals surface area contributed by atoms with Crippen LogP contribution in [-0.4, -0.2) is 31.1 Å². The Bertz CT molecular complexity index is 558. The van der Waals surface area contributed by atoms with E-state index in [-0.39, 0.29) is 5.91 Å². The van der Waals surface area contributed by atoms with Gasteiger partial charge in [-0.15, -0.1) is 0 Å². The normalized spacial score (nSPS) is 14.1. The lowest BCUT2D eigenvalue weighted by Crippen LogP contribution is -2.36. The number of hydrogen-bond donors (Lipinski definition) is 2. The quantitative estimate of drug-likeness (QED) is 0.888. The summed E-state index contributed by atoms with van der Waals surface area (Å²) in [6.07, 6.45) is -3.42. The molecule has 8 heteroatoms. The number of carbonyl (C=O) groups is 2. The maximum atomic E-state index is 11.9. The first-order valence-electron chi connectivity index (χ1n) is 6.22. The number of rotatable bonds is 4. The summed E-state index contributed by atoms with van der Waals surface area (Å²) in [5.41, 5.74) is 1.54. The summed E-state index contributed by atoms with van der Waals surface area (Å²) in [5, 5.41) is 4.37. The van der Waals surface area contributed by atoms with E-state index >= 15 is 0 Å². The smallest absolute Gasteiger partial charge is 0.405 e. The van der Waals surface area contributed by atoms with Gasteiger partial charge in [-0.1, -0.05) is 6.07 Å². The minimum absolute atomic E-state index is 0.109. The topological polar surface area (TPSA) is 67.4 Å². The van der Waals surface area contributed by atoms with E-state index in [0.717, 1.165) is 5.56 Å². The molecule has 0 aliphatic carbocycles. The lowest BCUT2D eigenvalue weighted by molar-refractivity contribution is -0.139. The van der Waals surface area contributed by atoms with Crippen LogP contribution in [0.15, 0.2) is 18.2 Å². The van der Waals surface area contributed by atoms with Gasteiger partial charge in [-0.2, -0.15) is 13.2 Å². The first-order valence-corrected chi connectivity index (χ1v) is 6.22. The van der Waals surface area contributed by atoms with E-state index < -0.39 is 25.2 Å². The van der Waals surface area contributed by atoms with Crippen LogP contribution in [0.3, 0.4) is 0 Å². The molecule has 1 heterocycles. The predicted molar refractivity (Wildman–Crippen MR) is 68.0 cm³/mol. The average molecular weight is 302 g/mol. The van der Waals surface area contributed by atoms with Crippen LogP contribution >= 0.6 is 0 Å². The van der Waals surface area contributed by atoms with Crippen molar-refractivity contribution in [2.45, 2.75) is 19.0 Å². The van der Waals surface area contributed by atoms with E-state index in [1.54, 1.807) is 23.5 Å². The van der Waals surface area contributed by atoms with Gasteiger partial charge < -0.3 is 15.4 Å². The van der Waals surface area contributed by atoms with Crippen molar-refractivity contribution in [2.24, 2.45) is 0 Å². The monoisotopic (exact) mass is 302 g/mol. The zero-order valence-corrected chi connectivity index (χ0v) is 10.9. The van der Waals surface area contributed by atoms with Gasteiger partial charge in [-0.3, -0.25) is 9.59 Å². The molecule has 1 aliphatic rings. The molecule has 2 N–H and O–H groups in total. The molecule has 0 unspecified atom stereocenters. The van der Waals surface area contributed by atoms with Gasteiger partial charge in [0.1, 0.15) is 12.3 Å². The fraction of sp³-hybridized carbons (Fsp3) is 0.385. The molecule has 0 bridgehead atoms. The van der Waals surface area contributed by atoms with Gasteiger partial charge in [0.25, 0.3) is 5.91 Å². The van der Waals surface area contributed by atoms with Crippen LogP contribution in [0.1, 0.15) is 12.0 Å². The van der Waals surface area contributed by atoms with Crippen LogP contribution in [0.4, 0.5) is 18.9 Å². The summed E-state index contributed by atoms with van der Waals surface area (Å²) in [6, 6.07) is 4.90. The Kier molecular flexibility index (Phi) is 4.35. The Hall–Kier alpha value is -2.25. The molecule has 0 aromatic heterocycles. The van der Waals surface area contributed by atoms with Crippen molar-refractivity contribution >= 4 is 17.5 Å². The number of fused-ring (bicyclic) bond motifs is 1. The summed E-state index contributed by atoms with van der Waals surface area (Å²) in [4.78, 5) is 22.5. The van der Waals surface area contributed by atoms with E-state index in [1.165, 1.54) is 0 Å². The Morgan fingerprint density at radius 1 is 1.33 bits per heavy atom. The second kappa shape index (κ2) is 6.02. The molecule has 1 aromatic carbocycles. The third-order valence-corrected chi connectivity index (χ3v) is 2.83. The Morgan fingerprint density at radius 3 is 2.81 bits per heavy atom. The fourth-order valence-corrected chi connectivity index (χ4v) is 1.84. The molecule has 21 heavy (non-hydrogen) atoms. The number of aryl methyl sites for hydroxylation is 1. The third-order valence-electron chi connectivity index (χ3n) is 2.83. The number of alkyl halides is 3. The van der Waals surface area contributed by atoms with E-state index in [4.69, 9.17) is 4.74 Å². The van der Waals surface area contributed by atoms with Gasteiger partial charge in [-0.25, -0.2) is 0 Å². The molecule has 114 valence electrons. The molecule has 2 amide bonds. The average Bonchev–Trinajstić information content (AvgIpc) is 2.41. The van der Waals surface area contributed by atoms with Crippen molar-refractivity contribution in [3.63, 3.8) is 0 Å². The van der Waals surface area contributed by atoms with Crippen molar-refractivity contribution in [2.75, 3.05) is 18.5 Å². The minimum atomic E-state index is -4.45. The Balaban J connectivity index is 1.88. The van der Waals surface area contributed by atoms with Crippen LogP contribution in [0.25, 0.3) is 0 Å². The second-order valence-corrected chi connectivity index (χ2v) is 4.55. The predicted octanol–water partition coefficient (Wildman–Crippen LogP) is 1.63. The Morgan fingerprint density at radius 2 is 2.10 bits per heavy atom. The number of ether oxygens (including phenoxy) is 1. The summed E-state index contributed by atoms with van der Waals surface area (Å²) in [7, 11) is 0. The minimum Gasteiger partial charge on any atom is -0.484 e. The first-order chi connectivity index (χ1) is 9.83. The highest BCUT2D eigenvalue weighted by atomic mass is 19.4. The molecule has 0 saturated heterocycles. The van der Waals surface area contributed by atoms with Gasteiger partial charge in [0, 0.05) is 18.2 Å². The van der Waals surface area contributed by atoms with Crippen molar-refractivity contribution in [3.05, 3.63) is 23.8 Å². The van der Waals surface area contributed by atoms with E-state index in [0.29, 0.717) is 24.3 Å². The maximum absolute atomic E-state index is 11.9. The van der Waals surface area contributed by atoms with E-state index in [1.807, 2.05) is 0 Å². The molecule has 0 spiro atoms. The van der Waals surface area contributed by atoms with Gasteiger partial charge in [0.2, 0.25) is 5.91 Å². The largest absolute Gasteiger partial charge is 0.484 e. The number of hydrogen-bond acceptors (Lipinski definition) is 3. The van der Waals surface area contributed by atoms with Crippen LogP contribution in [0, 0.1) is 0 Å². The molecular formula is C13H13F3N2O3. The number of nitrogens with one attached hydrogen (secondary N) is 2. The zero-order chi connectivity index (χ0) is 15.5. The molecule has 0 saturated carbocycles. The van der Waals surface area contributed by atoms with Crippen LogP contribution in [0.2, 0.25) is 0 Å². The van der Waals surface area contributed by atoms with Crippen LogP contribution < -0.4 is 15.4 Å². The van der Waals surface area contributed by atoms with E-state index in [9.17, 15) is 22.8 Å². The van der Waals surface area contributed by atoms with Gasteiger partial charge in [0.15, 0.2) is 6.61 Å². The van der Waals surface area contributed by atoms with Crippen LogP contribution in [0.5, 0.6) is 5.75 Å². The van der Waals surface area contributed by atoms with Crippen molar-refractivity contribution in [1.82, 2.24) is 5.32 Å². The lowest BCUT2D eigenvalue weighted by atomic mass is 10.0. The number of halogens is 3. The maximum Gasteiger partial charge on any atom is 0.405 e. The van der Waals surface area contributed by atoms with Gasteiger partial charge >= 0.3 is 6.18 Å². The van der Waals surface area contributed by atoms with E-state index in [2.05, 4.69) is 5.32 Å². The number of carbonyl (C=O) groups excluding carboxylic acids is 2. The summed E-state index contributed by atoms with van der Waals surface area (Å²) in [5.74, 6) is -0.672. The highest BCUT2D eigenvalue weighted by molar-refractivity contribution is 5.94. The van der Waals surface area contributed by atoms with Crippen LogP contribution in [-0.2, 0) is 16.0 Å². The molecule has 0 radical (unpaired) electrons. The van der Waals surface area contributed by atoms with Crippen molar-refractivity contribution in [1.29, 1.82) is 0 Å². The SMILES string of the molecule is O=C(COc1ccc2c(c1)NC(=O)CC2)NCC(F)(F)F. The summed E-state index contributed by atoms with van der Waals surface area (Å²) in [6.45, 7) is -1.92. The number of amides is 2. The molecule has 0 fully saturated rings. The molecule has 0 atom stereocenters. The molecule has 1 aromatic rings. The highest BCUT2D eigenvalue weighted by Crippen LogP contribution is 2.27. The molecule has 5 nitrogen and oxygen atoms in total. The fourth-order valence-electron chi connectivity index (χ4n) is 1.84. The molecule has 1 aliphatic heterocycles. The summed E-state index contributed by atoms with van der Waals surface area (Å²) >= 11 is 0. The Labute approximate surface area is 118 Å².